The van der Waals surface area contributed by atoms with E-state index in [0.717, 1.165) is 11.6 Å². The summed E-state index contributed by atoms with van der Waals surface area (Å²) in [6.45, 7) is 1.59. The fourth-order valence-corrected chi connectivity index (χ4v) is 3.50. The van der Waals surface area contributed by atoms with Crippen LogP contribution in [0.2, 0.25) is 5.02 Å². The monoisotopic (exact) mass is 440 g/mol. The van der Waals surface area contributed by atoms with Crippen molar-refractivity contribution in [3.63, 3.8) is 0 Å². The third-order valence-corrected chi connectivity index (χ3v) is 6.07. The first-order valence-electron chi connectivity index (χ1n) is 8.52. The van der Waals surface area contributed by atoms with E-state index in [9.17, 15) is 18.0 Å². The summed E-state index contributed by atoms with van der Waals surface area (Å²) in [5, 5.41) is 3.15. The Morgan fingerprint density at radius 1 is 1.17 bits per heavy atom. The van der Waals surface area contributed by atoms with Gasteiger partial charge in [0.05, 0.1) is 17.6 Å². The average Bonchev–Trinajstić information content (AvgIpc) is 2.72. The number of hydroxylamine groups is 1. The molecule has 29 heavy (non-hydrogen) atoms. The Balaban J connectivity index is 2.03. The van der Waals surface area contributed by atoms with E-state index < -0.39 is 28.0 Å². The first-order chi connectivity index (χ1) is 13.7. The highest BCUT2D eigenvalue weighted by molar-refractivity contribution is 7.89. The molecule has 0 heterocycles. The molecule has 1 N–H and O–H groups in total. The Labute approximate surface area is 174 Å². The SMILES string of the molecule is CON(C)S(=O)(=O)c1cccc(C(=O)OC(C)C(=O)NCc2ccccc2Cl)c1. The van der Waals surface area contributed by atoms with Crippen LogP contribution >= 0.6 is 11.6 Å². The number of rotatable bonds is 8. The highest BCUT2D eigenvalue weighted by Gasteiger charge is 2.24. The molecular formula is C19H21ClN2O6S. The van der Waals surface area contributed by atoms with Gasteiger partial charge in [-0.15, -0.1) is 0 Å². The van der Waals surface area contributed by atoms with Crippen molar-refractivity contribution in [3.8, 4) is 0 Å². The molecule has 0 fully saturated rings. The molecule has 0 saturated heterocycles. The fraction of sp³-hybridized carbons (Fsp3) is 0.263. The van der Waals surface area contributed by atoms with Crippen LogP contribution in [0, 0.1) is 0 Å². The smallest absolute Gasteiger partial charge is 0.338 e. The van der Waals surface area contributed by atoms with Crippen molar-refractivity contribution in [2.75, 3.05) is 14.2 Å². The summed E-state index contributed by atoms with van der Waals surface area (Å²) >= 11 is 6.04. The second kappa shape index (κ2) is 9.84. The molecule has 1 amide bonds. The molecule has 2 aromatic carbocycles. The maximum Gasteiger partial charge on any atom is 0.338 e. The van der Waals surface area contributed by atoms with E-state index in [1.54, 1.807) is 24.3 Å². The van der Waals surface area contributed by atoms with Gasteiger partial charge in [0.25, 0.3) is 15.9 Å². The minimum Gasteiger partial charge on any atom is -0.449 e. The number of hydrogen-bond donors (Lipinski definition) is 1. The molecule has 0 aliphatic heterocycles. The van der Waals surface area contributed by atoms with E-state index >= 15 is 0 Å². The maximum atomic E-state index is 12.3. The van der Waals surface area contributed by atoms with Crippen LogP contribution in [0.1, 0.15) is 22.8 Å². The van der Waals surface area contributed by atoms with Gasteiger partial charge in [-0.1, -0.05) is 40.3 Å². The third kappa shape index (κ3) is 5.77. The topological polar surface area (TPSA) is 102 Å². The number of carbonyl (C=O) groups is 2. The second-order valence-electron chi connectivity index (χ2n) is 5.98. The molecule has 8 nitrogen and oxygen atoms in total. The van der Waals surface area contributed by atoms with Crippen LogP contribution in [0.3, 0.4) is 0 Å². The average molecular weight is 441 g/mol. The minimum absolute atomic E-state index is 0.0127. The summed E-state index contributed by atoms with van der Waals surface area (Å²) in [5.74, 6) is -1.34. The molecular weight excluding hydrogens is 420 g/mol. The van der Waals surface area contributed by atoms with Crippen molar-refractivity contribution in [1.29, 1.82) is 0 Å². The van der Waals surface area contributed by atoms with Crippen molar-refractivity contribution in [3.05, 3.63) is 64.7 Å². The maximum absolute atomic E-state index is 12.3. The molecule has 0 radical (unpaired) electrons. The van der Waals surface area contributed by atoms with Gasteiger partial charge in [-0.25, -0.2) is 13.2 Å². The summed E-state index contributed by atoms with van der Waals surface area (Å²) in [5.41, 5.74) is 0.711. The molecule has 0 spiro atoms. The quantitative estimate of drug-likeness (QED) is 0.499. The van der Waals surface area contributed by atoms with Crippen molar-refractivity contribution < 1.29 is 27.6 Å². The van der Waals surface area contributed by atoms with Gasteiger partial charge in [-0.3, -0.25) is 9.63 Å². The van der Waals surface area contributed by atoms with Gasteiger partial charge in [-0.2, -0.15) is 0 Å². The van der Waals surface area contributed by atoms with Crippen LogP contribution in [0.5, 0.6) is 0 Å². The van der Waals surface area contributed by atoms with E-state index in [0.29, 0.717) is 9.49 Å². The fourth-order valence-electron chi connectivity index (χ4n) is 2.28. The van der Waals surface area contributed by atoms with Crippen molar-refractivity contribution in [1.82, 2.24) is 9.79 Å². The zero-order chi connectivity index (χ0) is 21.6. The number of hydrogen-bond acceptors (Lipinski definition) is 6. The molecule has 1 unspecified atom stereocenters. The Kier molecular flexibility index (Phi) is 7.74. The predicted octanol–water partition coefficient (Wildman–Crippen LogP) is 2.38. The lowest BCUT2D eigenvalue weighted by Gasteiger charge is -2.16. The van der Waals surface area contributed by atoms with Gasteiger partial charge in [0.15, 0.2) is 6.10 Å². The first kappa shape index (κ1) is 22.8. The number of sulfonamides is 1. The van der Waals surface area contributed by atoms with Gasteiger partial charge in [0.1, 0.15) is 0 Å². The Hall–Kier alpha value is -2.46. The third-order valence-electron chi connectivity index (χ3n) is 4.03. The normalized spacial score (nSPS) is 12.4. The van der Waals surface area contributed by atoms with Crippen molar-refractivity contribution >= 4 is 33.5 Å². The molecule has 0 bridgehead atoms. The number of amides is 1. The Morgan fingerprint density at radius 3 is 2.52 bits per heavy atom. The summed E-state index contributed by atoms with van der Waals surface area (Å²) < 4.78 is 30.4. The lowest BCUT2D eigenvalue weighted by Crippen LogP contribution is -2.35. The minimum atomic E-state index is -3.92. The second-order valence-corrected chi connectivity index (χ2v) is 8.32. The predicted molar refractivity (Wildman–Crippen MR) is 107 cm³/mol. The van der Waals surface area contributed by atoms with E-state index in [4.69, 9.17) is 21.2 Å². The van der Waals surface area contributed by atoms with Gasteiger partial charge in [0, 0.05) is 18.6 Å². The lowest BCUT2D eigenvalue weighted by atomic mass is 10.2. The summed E-state index contributed by atoms with van der Waals surface area (Å²) in [7, 11) is -1.49. The first-order valence-corrected chi connectivity index (χ1v) is 10.3. The van der Waals surface area contributed by atoms with E-state index in [-0.39, 0.29) is 17.0 Å². The van der Waals surface area contributed by atoms with Crippen LogP contribution in [0.15, 0.2) is 53.4 Å². The molecule has 10 heteroatoms. The van der Waals surface area contributed by atoms with Crippen molar-refractivity contribution in [2.45, 2.75) is 24.5 Å². The standard InChI is InChI=1S/C19H21ClN2O6S/c1-13(18(23)21-12-15-7-4-5-10-17(15)20)28-19(24)14-8-6-9-16(11-14)29(25,26)22(2)27-3/h4-11,13H,12H2,1-3H3,(H,21,23). The summed E-state index contributed by atoms with van der Waals surface area (Å²) in [6.07, 6.45) is -1.09. The molecule has 0 aromatic heterocycles. The molecule has 2 aromatic rings. The molecule has 1 atom stereocenters. The number of halogens is 1. The van der Waals surface area contributed by atoms with E-state index in [1.807, 2.05) is 0 Å². The molecule has 0 aliphatic carbocycles. The number of carbonyl (C=O) groups excluding carboxylic acids is 2. The van der Waals surface area contributed by atoms with Crippen LogP contribution < -0.4 is 5.32 Å². The van der Waals surface area contributed by atoms with Gasteiger partial charge >= 0.3 is 5.97 Å². The molecule has 2 rings (SSSR count). The Bertz CT molecular complexity index is 996. The number of esters is 1. The van der Waals surface area contributed by atoms with E-state index in [2.05, 4.69) is 5.32 Å². The lowest BCUT2D eigenvalue weighted by molar-refractivity contribution is -0.129. The number of nitrogens with zero attached hydrogens (tertiary/aromatic N) is 1. The van der Waals surface area contributed by atoms with Gasteiger partial charge in [0.2, 0.25) is 0 Å². The number of nitrogens with one attached hydrogen (secondary N) is 1. The number of ether oxygens (including phenoxy) is 1. The highest BCUT2D eigenvalue weighted by Crippen LogP contribution is 2.17. The highest BCUT2D eigenvalue weighted by atomic mass is 35.5. The van der Waals surface area contributed by atoms with Crippen molar-refractivity contribution in [2.24, 2.45) is 0 Å². The van der Waals surface area contributed by atoms with Gasteiger partial charge < -0.3 is 10.1 Å². The number of benzene rings is 2. The van der Waals surface area contributed by atoms with E-state index in [1.165, 1.54) is 39.3 Å². The van der Waals surface area contributed by atoms with Crippen LogP contribution in [0.25, 0.3) is 0 Å². The molecule has 0 saturated carbocycles. The zero-order valence-corrected chi connectivity index (χ0v) is 17.7. The summed E-state index contributed by atoms with van der Waals surface area (Å²) in [6, 6.07) is 12.3. The molecule has 0 aliphatic rings. The zero-order valence-electron chi connectivity index (χ0n) is 16.1. The molecule has 156 valence electrons. The Morgan fingerprint density at radius 2 is 1.86 bits per heavy atom. The van der Waals surface area contributed by atoms with Gasteiger partial charge in [-0.05, 0) is 36.8 Å². The largest absolute Gasteiger partial charge is 0.449 e. The summed E-state index contributed by atoms with van der Waals surface area (Å²) in [4.78, 5) is 29.1. The van der Waals surface area contributed by atoms with Crippen LogP contribution in [-0.4, -0.2) is 45.0 Å². The van der Waals surface area contributed by atoms with Crippen LogP contribution in [0.4, 0.5) is 0 Å². The van der Waals surface area contributed by atoms with Crippen LogP contribution in [-0.2, 0) is 30.9 Å².